The summed E-state index contributed by atoms with van der Waals surface area (Å²) in [6.45, 7) is 12.1. The van der Waals surface area contributed by atoms with E-state index in [0.717, 1.165) is 0 Å². The Kier molecular flexibility index (Phi) is 15.6. The average Bonchev–Trinajstić information content (AvgIpc) is 2.52. The molecule has 1 aromatic rings. The lowest BCUT2D eigenvalue weighted by atomic mass is 9.54. The zero-order chi connectivity index (χ0) is 15.1. The first-order valence-corrected chi connectivity index (χ1v) is 7.20. The molecule has 0 aromatic heterocycles. The largest absolute Gasteiger partial charge is 0.430 e. The molecular formula is C17H29BO. The van der Waals surface area contributed by atoms with Crippen LogP contribution in [0.5, 0.6) is 0 Å². The summed E-state index contributed by atoms with van der Waals surface area (Å²) in [5, 5.41) is 0. The molecule has 1 nitrogen and oxygen atoms in total. The van der Waals surface area contributed by atoms with E-state index in [0.29, 0.717) is 0 Å². The standard InChI is InChI=1S/C13H17BO.2C2H6/c1-4-9-12(5-2)14(15-3)13-10-7-6-8-11-13;2*1-2/h4-11H,1-3H3;2*1-2H3/b9-4-,12-5+;;. The Labute approximate surface area is 120 Å². The SMILES string of the molecule is C/C=C\C(=C/C)B(OC)c1ccccc1.CC.CC. The average molecular weight is 260 g/mol. The van der Waals surface area contributed by atoms with Gasteiger partial charge >= 0.3 is 6.92 Å². The van der Waals surface area contributed by atoms with Gasteiger partial charge in [0.05, 0.1) is 0 Å². The normalized spacial score (nSPS) is 10.2. The van der Waals surface area contributed by atoms with Crippen molar-refractivity contribution >= 4 is 12.4 Å². The molecular weight excluding hydrogens is 231 g/mol. The quantitative estimate of drug-likeness (QED) is 0.565. The topological polar surface area (TPSA) is 9.23 Å². The van der Waals surface area contributed by atoms with Crippen LogP contribution in [0.1, 0.15) is 41.5 Å². The van der Waals surface area contributed by atoms with Crippen molar-refractivity contribution in [3.63, 3.8) is 0 Å². The van der Waals surface area contributed by atoms with Crippen molar-refractivity contribution in [1.29, 1.82) is 0 Å². The van der Waals surface area contributed by atoms with Gasteiger partial charge in [0.25, 0.3) is 0 Å². The molecule has 0 aliphatic rings. The highest BCUT2D eigenvalue weighted by molar-refractivity contribution is 6.74. The van der Waals surface area contributed by atoms with E-state index >= 15 is 0 Å². The fourth-order valence-electron chi connectivity index (χ4n) is 1.62. The van der Waals surface area contributed by atoms with Crippen LogP contribution in [-0.4, -0.2) is 14.0 Å². The van der Waals surface area contributed by atoms with Crippen molar-refractivity contribution in [3.05, 3.63) is 54.0 Å². The van der Waals surface area contributed by atoms with Gasteiger partial charge in [-0.1, -0.05) is 76.3 Å². The Morgan fingerprint density at radius 1 is 1.00 bits per heavy atom. The molecule has 0 N–H and O–H groups in total. The molecule has 1 aromatic carbocycles. The van der Waals surface area contributed by atoms with Crippen LogP contribution in [0.4, 0.5) is 0 Å². The third-order valence-corrected chi connectivity index (χ3v) is 2.33. The van der Waals surface area contributed by atoms with Crippen LogP contribution >= 0.6 is 0 Å². The summed E-state index contributed by atoms with van der Waals surface area (Å²) in [6.07, 6.45) is 6.20. The predicted octanol–water partition coefficient (Wildman–Crippen LogP) is 4.65. The van der Waals surface area contributed by atoms with E-state index in [1.807, 2.05) is 65.8 Å². The molecule has 0 saturated carbocycles. The molecule has 0 saturated heterocycles. The molecule has 0 unspecified atom stereocenters. The summed E-state index contributed by atoms with van der Waals surface area (Å²) in [7, 11) is 1.74. The number of hydrogen-bond acceptors (Lipinski definition) is 1. The second kappa shape index (κ2) is 14.8. The highest BCUT2D eigenvalue weighted by atomic mass is 16.4. The summed E-state index contributed by atoms with van der Waals surface area (Å²) >= 11 is 0. The second-order valence-corrected chi connectivity index (χ2v) is 3.32. The van der Waals surface area contributed by atoms with Crippen LogP contribution in [0.15, 0.2) is 54.0 Å². The number of allylic oxidation sites excluding steroid dienone is 4. The molecule has 2 heteroatoms. The lowest BCUT2D eigenvalue weighted by Gasteiger charge is -2.12. The molecule has 0 amide bonds. The predicted molar refractivity (Wildman–Crippen MR) is 90.1 cm³/mol. The first kappa shape index (κ1) is 20.1. The molecule has 1 rings (SSSR count). The van der Waals surface area contributed by atoms with E-state index in [2.05, 4.69) is 24.3 Å². The first-order chi connectivity index (χ1) is 9.33. The van der Waals surface area contributed by atoms with E-state index in [1.165, 1.54) is 10.9 Å². The van der Waals surface area contributed by atoms with Crippen molar-refractivity contribution in [1.82, 2.24) is 0 Å². The van der Waals surface area contributed by atoms with Gasteiger partial charge in [-0.3, -0.25) is 0 Å². The maximum Gasteiger partial charge on any atom is 0.361 e. The van der Waals surface area contributed by atoms with Crippen molar-refractivity contribution in [2.24, 2.45) is 0 Å². The summed E-state index contributed by atoms with van der Waals surface area (Å²) in [5.41, 5.74) is 2.37. The van der Waals surface area contributed by atoms with Gasteiger partial charge in [0.15, 0.2) is 0 Å². The van der Waals surface area contributed by atoms with Gasteiger partial charge < -0.3 is 4.65 Å². The Morgan fingerprint density at radius 3 is 1.89 bits per heavy atom. The number of hydrogen-bond donors (Lipinski definition) is 0. The fraction of sp³-hybridized carbons (Fsp3) is 0.412. The van der Waals surface area contributed by atoms with Gasteiger partial charge in [0.1, 0.15) is 0 Å². The Hall–Kier alpha value is -1.28. The van der Waals surface area contributed by atoms with Crippen LogP contribution in [-0.2, 0) is 4.65 Å². The molecule has 0 aliphatic carbocycles. The maximum atomic E-state index is 5.52. The Balaban J connectivity index is 0. The molecule has 0 radical (unpaired) electrons. The molecule has 0 atom stereocenters. The Bertz CT molecular complexity index is 342. The Morgan fingerprint density at radius 2 is 1.53 bits per heavy atom. The van der Waals surface area contributed by atoms with Gasteiger partial charge in [-0.25, -0.2) is 0 Å². The molecule has 0 spiro atoms. The molecule has 19 heavy (non-hydrogen) atoms. The third kappa shape index (κ3) is 7.68. The van der Waals surface area contributed by atoms with E-state index in [9.17, 15) is 0 Å². The minimum atomic E-state index is 0.0346. The van der Waals surface area contributed by atoms with Crippen molar-refractivity contribution < 1.29 is 4.65 Å². The van der Waals surface area contributed by atoms with Gasteiger partial charge in [-0.15, -0.1) is 0 Å². The summed E-state index contributed by atoms with van der Waals surface area (Å²) in [5.74, 6) is 0. The van der Waals surface area contributed by atoms with Gasteiger partial charge in [-0.2, -0.15) is 0 Å². The van der Waals surface area contributed by atoms with Crippen LogP contribution in [0, 0.1) is 0 Å². The molecule has 0 aliphatic heterocycles. The van der Waals surface area contributed by atoms with Crippen LogP contribution in [0.3, 0.4) is 0 Å². The van der Waals surface area contributed by atoms with E-state index < -0.39 is 0 Å². The summed E-state index contributed by atoms with van der Waals surface area (Å²) in [4.78, 5) is 0. The molecule has 0 heterocycles. The lowest BCUT2D eigenvalue weighted by molar-refractivity contribution is 0.436. The first-order valence-electron chi connectivity index (χ1n) is 7.20. The zero-order valence-corrected chi connectivity index (χ0v) is 13.6. The van der Waals surface area contributed by atoms with Crippen LogP contribution in [0.25, 0.3) is 0 Å². The van der Waals surface area contributed by atoms with Crippen molar-refractivity contribution in [2.45, 2.75) is 41.5 Å². The van der Waals surface area contributed by atoms with E-state index in [-0.39, 0.29) is 6.92 Å². The molecule has 106 valence electrons. The lowest BCUT2D eigenvalue weighted by Crippen LogP contribution is -2.34. The fourth-order valence-corrected chi connectivity index (χ4v) is 1.62. The number of benzene rings is 1. The van der Waals surface area contributed by atoms with E-state index in [1.54, 1.807) is 7.11 Å². The highest BCUT2D eigenvalue weighted by Crippen LogP contribution is 2.05. The van der Waals surface area contributed by atoms with E-state index in [4.69, 9.17) is 4.65 Å². The highest BCUT2D eigenvalue weighted by Gasteiger charge is 2.19. The third-order valence-electron chi connectivity index (χ3n) is 2.33. The minimum Gasteiger partial charge on any atom is -0.430 e. The summed E-state index contributed by atoms with van der Waals surface area (Å²) < 4.78 is 5.52. The van der Waals surface area contributed by atoms with Gasteiger partial charge in [-0.05, 0) is 24.8 Å². The van der Waals surface area contributed by atoms with Gasteiger partial charge in [0, 0.05) is 7.11 Å². The van der Waals surface area contributed by atoms with Crippen LogP contribution < -0.4 is 5.46 Å². The monoisotopic (exact) mass is 260 g/mol. The minimum absolute atomic E-state index is 0.0346. The maximum absolute atomic E-state index is 5.52. The van der Waals surface area contributed by atoms with Crippen molar-refractivity contribution in [3.8, 4) is 0 Å². The van der Waals surface area contributed by atoms with Crippen LogP contribution in [0.2, 0.25) is 0 Å². The smallest absolute Gasteiger partial charge is 0.361 e. The van der Waals surface area contributed by atoms with Gasteiger partial charge in [0.2, 0.25) is 0 Å². The number of rotatable bonds is 4. The second-order valence-electron chi connectivity index (χ2n) is 3.32. The van der Waals surface area contributed by atoms with Crippen molar-refractivity contribution in [2.75, 3.05) is 7.11 Å². The summed E-state index contributed by atoms with van der Waals surface area (Å²) in [6, 6.07) is 10.2. The zero-order valence-electron chi connectivity index (χ0n) is 13.6. The molecule has 0 fully saturated rings. The molecule has 0 bridgehead atoms.